The second-order valence-electron chi connectivity index (χ2n) is 5.66. The Bertz CT molecular complexity index is 701. The third-order valence-electron chi connectivity index (χ3n) is 4.05. The summed E-state index contributed by atoms with van der Waals surface area (Å²) in [6, 6.07) is 5.43. The van der Waals surface area contributed by atoms with Gasteiger partial charge in [-0.25, -0.2) is 15.0 Å². The van der Waals surface area contributed by atoms with Gasteiger partial charge in [0.25, 0.3) is 5.91 Å². The van der Waals surface area contributed by atoms with E-state index in [2.05, 4.69) is 25.2 Å². The molecule has 3 rings (SSSR count). The third-order valence-corrected chi connectivity index (χ3v) is 4.05. The van der Waals surface area contributed by atoms with Gasteiger partial charge in [-0.2, -0.15) is 0 Å². The molecule has 1 N–H and O–H groups in total. The molecule has 2 aromatic heterocycles. The predicted octanol–water partition coefficient (Wildman–Crippen LogP) is 1.80. The summed E-state index contributed by atoms with van der Waals surface area (Å²) in [5, 5.41) is 2.85. The van der Waals surface area contributed by atoms with E-state index in [4.69, 9.17) is 4.74 Å². The van der Waals surface area contributed by atoms with Gasteiger partial charge in [0.1, 0.15) is 17.8 Å². The molecule has 1 fully saturated rings. The Morgan fingerprint density at radius 2 is 2.08 bits per heavy atom. The standard InChI is InChI=1S/C17H21N5O2/c1-24-17-13(6-5-7-18-17)11-19-16(23)14-10-15(21-12-20-14)22-8-3-2-4-9-22/h5-7,10,12H,2-4,8-9,11H2,1H3,(H,19,23). The Hall–Kier alpha value is -2.70. The highest BCUT2D eigenvalue weighted by atomic mass is 16.5. The number of pyridine rings is 1. The van der Waals surface area contributed by atoms with Gasteiger partial charge in [-0.05, 0) is 25.3 Å². The quantitative estimate of drug-likeness (QED) is 0.902. The average Bonchev–Trinajstić information content (AvgIpc) is 2.67. The van der Waals surface area contributed by atoms with E-state index in [0.717, 1.165) is 37.3 Å². The van der Waals surface area contributed by atoms with Crippen LogP contribution in [0.3, 0.4) is 0 Å². The minimum Gasteiger partial charge on any atom is -0.481 e. The van der Waals surface area contributed by atoms with Crippen molar-refractivity contribution >= 4 is 11.7 Å². The fourth-order valence-electron chi connectivity index (χ4n) is 2.78. The zero-order chi connectivity index (χ0) is 16.8. The molecule has 0 saturated carbocycles. The molecule has 1 amide bonds. The maximum atomic E-state index is 12.4. The number of anilines is 1. The van der Waals surface area contributed by atoms with Crippen molar-refractivity contribution in [2.45, 2.75) is 25.8 Å². The first kappa shape index (κ1) is 16.2. The lowest BCUT2D eigenvalue weighted by atomic mass is 10.1. The van der Waals surface area contributed by atoms with Gasteiger partial charge in [-0.1, -0.05) is 6.07 Å². The number of ether oxygens (including phenoxy) is 1. The molecule has 0 unspecified atom stereocenters. The highest BCUT2D eigenvalue weighted by Crippen LogP contribution is 2.18. The van der Waals surface area contributed by atoms with Crippen molar-refractivity contribution < 1.29 is 9.53 Å². The van der Waals surface area contributed by atoms with Crippen molar-refractivity contribution in [2.75, 3.05) is 25.1 Å². The molecule has 1 aliphatic heterocycles. The number of hydrogen-bond acceptors (Lipinski definition) is 6. The van der Waals surface area contributed by atoms with E-state index < -0.39 is 0 Å². The van der Waals surface area contributed by atoms with Crippen molar-refractivity contribution in [3.8, 4) is 5.88 Å². The zero-order valence-electron chi connectivity index (χ0n) is 13.7. The van der Waals surface area contributed by atoms with Crippen LogP contribution in [0.25, 0.3) is 0 Å². The minimum atomic E-state index is -0.235. The summed E-state index contributed by atoms with van der Waals surface area (Å²) in [5.41, 5.74) is 1.19. The largest absolute Gasteiger partial charge is 0.481 e. The molecule has 1 aliphatic rings. The number of aromatic nitrogens is 3. The van der Waals surface area contributed by atoms with E-state index in [-0.39, 0.29) is 5.91 Å². The van der Waals surface area contributed by atoms with E-state index in [1.165, 1.54) is 12.7 Å². The summed E-state index contributed by atoms with van der Waals surface area (Å²) in [5.74, 6) is 1.09. The lowest BCUT2D eigenvalue weighted by Crippen LogP contribution is -2.31. The van der Waals surface area contributed by atoms with E-state index in [0.29, 0.717) is 18.1 Å². The Morgan fingerprint density at radius 3 is 2.88 bits per heavy atom. The molecule has 0 atom stereocenters. The summed E-state index contributed by atoms with van der Waals surface area (Å²) >= 11 is 0. The number of carbonyl (C=O) groups is 1. The first-order chi connectivity index (χ1) is 11.8. The number of carbonyl (C=O) groups excluding carboxylic acids is 1. The van der Waals surface area contributed by atoms with E-state index in [1.807, 2.05) is 12.1 Å². The molecule has 7 heteroatoms. The number of rotatable bonds is 5. The Labute approximate surface area is 141 Å². The topological polar surface area (TPSA) is 80.2 Å². The Balaban J connectivity index is 1.66. The van der Waals surface area contributed by atoms with E-state index in [9.17, 15) is 4.79 Å². The summed E-state index contributed by atoms with van der Waals surface area (Å²) in [6.07, 6.45) is 6.67. The molecule has 2 aromatic rings. The van der Waals surface area contributed by atoms with E-state index >= 15 is 0 Å². The predicted molar refractivity (Wildman–Crippen MR) is 90.1 cm³/mol. The van der Waals surface area contributed by atoms with Gasteiger partial charge in [0.2, 0.25) is 5.88 Å². The average molecular weight is 327 g/mol. The molecule has 7 nitrogen and oxygen atoms in total. The van der Waals surface area contributed by atoms with Crippen LogP contribution in [0, 0.1) is 0 Å². The van der Waals surface area contributed by atoms with Gasteiger partial charge < -0.3 is 15.0 Å². The van der Waals surface area contributed by atoms with Gasteiger partial charge >= 0.3 is 0 Å². The second-order valence-corrected chi connectivity index (χ2v) is 5.66. The van der Waals surface area contributed by atoms with Gasteiger partial charge in [0, 0.05) is 37.5 Å². The summed E-state index contributed by atoms with van der Waals surface area (Å²) < 4.78 is 5.19. The molecule has 3 heterocycles. The molecular weight excluding hydrogens is 306 g/mol. The van der Waals surface area contributed by atoms with Crippen LogP contribution in [0.2, 0.25) is 0 Å². The molecule has 0 bridgehead atoms. The fraction of sp³-hybridized carbons (Fsp3) is 0.412. The maximum Gasteiger partial charge on any atom is 0.270 e. The van der Waals surface area contributed by atoms with Crippen LogP contribution in [0.4, 0.5) is 5.82 Å². The normalized spacial score (nSPS) is 14.3. The second kappa shape index (κ2) is 7.72. The zero-order valence-corrected chi connectivity index (χ0v) is 13.7. The Morgan fingerprint density at radius 1 is 1.25 bits per heavy atom. The van der Waals surface area contributed by atoms with Crippen molar-refractivity contribution in [3.05, 3.63) is 42.0 Å². The smallest absolute Gasteiger partial charge is 0.270 e. The lowest BCUT2D eigenvalue weighted by Gasteiger charge is -2.27. The SMILES string of the molecule is COc1ncccc1CNC(=O)c1cc(N2CCCCC2)ncn1. The molecule has 0 aliphatic carbocycles. The van der Waals surface area contributed by atoms with Crippen LogP contribution < -0.4 is 15.0 Å². The van der Waals surface area contributed by atoms with Gasteiger partial charge in [0.15, 0.2) is 0 Å². The van der Waals surface area contributed by atoms with Crippen LogP contribution >= 0.6 is 0 Å². The number of nitrogens with zero attached hydrogens (tertiary/aromatic N) is 4. The van der Waals surface area contributed by atoms with Gasteiger partial charge in [0.05, 0.1) is 7.11 Å². The Kier molecular flexibility index (Phi) is 5.20. The van der Waals surface area contributed by atoms with Crippen LogP contribution in [0.5, 0.6) is 5.88 Å². The fourth-order valence-corrected chi connectivity index (χ4v) is 2.78. The highest BCUT2D eigenvalue weighted by Gasteiger charge is 2.15. The molecule has 1 saturated heterocycles. The lowest BCUT2D eigenvalue weighted by molar-refractivity contribution is 0.0945. The molecule has 0 aromatic carbocycles. The highest BCUT2D eigenvalue weighted by molar-refractivity contribution is 5.92. The summed E-state index contributed by atoms with van der Waals surface area (Å²) in [7, 11) is 1.56. The van der Waals surface area contributed by atoms with Crippen LogP contribution in [-0.2, 0) is 6.54 Å². The summed E-state index contributed by atoms with van der Waals surface area (Å²) in [6.45, 7) is 2.29. The van der Waals surface area contributed by atoms with Crippen LogP contribution in [0.1, 0.15) is 35.3 Å². The number of hydrogen-bond donors (Lipinski definition) is 1. The molecular formula is C17H21N5O2. The van der Waals surface area contributed by atoms with Crippen LogP contribution in [0.15, 0.2) is 30.7 Å². The molecule has 0 radical (unpaired) electrons. The van der Waals surface area contributed by atoms with Gasteiger partial charge in [-0.3, -0.25) is 4.79 Å². The van der Waals surface area contributed by atoms with Crippen LogP contribution in [-0.4, -0.2) is 41.1 Å². The van der Waals surface area contributed by atoms with E-state index in [1.54, 1.807) is 19.4 Å². The minimum absolute atomic E-state index is 0.235. The molecule has 24 heavy (non-hydrogen) atoms. The molecule has 0 spiro atoms. The molecule has 126 valence electrons. The first-order valence-electron chi connectivity index (χ1n) is 8.11. The number of methoxy groups -OCH3 is 1. The number of amides is 1. The van der Waals surface area contributed by atoms with Gasteiger partial charge in [-0.15, -0.1) is 0 Å². The van der Waals surface area contributed by atoms with Crippen molar-refractivity contribution in [2.24, 2.45) is 0 Å². The van der Waals surface area contributed by atoms with Crippen molar-refractivity contribution in [3.63, 3.8) is 0 Å². The maximum absolute atomic E-state index is 12.4. The summed E-state index contributed by atoms with van der Waals surface area (Å²) in [4.78, 5) is 27.1. The number of piperidine rings is 1. The van der Waals surface area contributed by atoms with Crippen molar-refractivity contribution in [1.82, 2.24) is 20.3 Å². The third kappa shape index (κ3) is 3.79. The monoisotopic (exact) mass is 327 g/mol. The first-order valence-corrected chi connectivity index (χ1v) is 8.11. The number of nitrogens with one attached hydrogen (secondary N) is 1. The van der Waals surface area contributed by atoms with Crippen molar-refractivity contribution in [1.29, 1.82) is 0 Å².